The lowest BCUT2D eigenvalue weighted by molar-refractivity contribution is 0.445. The SMILES string of the molecule is Cc1nccc(N2CCC(CBr)CC2)n1. The Morgan fingerprint density at radius 2 is 2.20 bits per heavy atom. The molecule has 0 spiro atoms. The van der Waals surface area contributed by atoms with E-state index in [0.29, 0.717) is 0 Å². The van der Waals surface area contributed by atoms with Crippen molar-refractivity contribution in [1.82, 2.24) is 9.97 Å². The number of piperidine rings is 1. The Morgan fingerprint density at radius 3 is 2.80 bits per heavy atom. The van der Waals surface area contributed by atoms with E-state index in [1.807, 2.05) is 19.2 Å². The summed E-state index contributed by atoms with van der Waals surface area (Å²) in [5.74, 6) is 2.77. The topological polar surface area (TPSA) is 29.0 Å². The van der Waals surface area contributed by atoms with E-state index in [2.05, 4.69) is 30.8 Å². The van der Waals surface area contributed by atoms with Crippen LogP contribution in [0.2, 0.25) is 0 Å². The maximum absolute atomic E-state index is 4.45. The number of nitrogens with zero attached hydrogens (tertiary/aromatic N) is 3. The van der Waals surface area contributed by atoms with E-state index in [-0.39, 0.29) is 0 Å². The third-order valence-corrected chi connectivity index (χ3v) is 3.83. The largest absolute Gasteiger partial charge is 0.356 e. The number of hydrogen-bond donors (Lipinski definition) is 0. The van der Waals surface area contributed by atoms with Crippen molar-refractivity contribution in [2.24, 2.45) is 5.92 Å². The van der Waals surface area contributed by atoms with E-state index in [1.54, 1.807) is 0 Å². The average molecular weight is 270 g/mol. The molecule has 0 bridgehead atoms. The molecular formula is C11H16BrN3. The van der Waals surface area contributed by atoms with E-state index >= 15 is 0 Å². The summed E-state index contributed by atoms with van der Waals surface area (Å²) in [6.07, 6.45) is 4.36. The molecule has 0 radical (unpaired) electrons. The van der Waals surface area contributed by atoms with Crippen LogP contribution in [0, 0.1) is 12.8 Å². The molecule has 82 valence electrons. The van der Waals surface area contributed by atoms with E-state index in [1.165, 1.54) is 12.8 Å². The first-order valence-corrected chi connectivity index (χ1v) is 6.52. The summed E-state index contributed by atoms with van der Waals surface area (Å²) in [6, 6.07) is 2.00. The minimum absolute atomic E-state index is 0.837. The zero-order valence-corrected chi connectivity index (χ0v) is 10.6. The first-order chi connectivity index (χ1) is 7.29. The molecule has 0 N–H and O–H groups in total. The van der Waals surface area contributed by atoms with Gasteiger partial charge in [-0.05, 0) is 31.7 Å². The molecule has 1 aliphatic heterocycles. The fraction of sp³-hybridized carbons (Fsp3) is 0.636. The molecule has 2 rings (SSSR count). The Morgan fingerprint density at radius 1 is 1.47 bits per heavy atom. The van der Waals surface area contributed by atoms with Gasteiger partial charge in [0.1, 0.15) is 11.6 Å². The molecule has 0 aromatic carbocycles. The predicted octanol–water partition coefficient (Wildman–Crippen LogP) is 2.40. The van der Waals surface area contributed by atoms with Gasteiger partial charge in [-0.15, -0.1) is 0 Å². The van der Waals surface area contributed by atoms with Crippen molar-refractivity contribution in [1.29, 1.82) is 0 Å². The smallest absolute Gasteiger partial charge is 0.132 e. The zero-order chi connectivity index (χ0) is 10.7. The second-order valence-electron chi connectivity index (χ2n) is 4.05. The summed E-state index contributed by atoms with van der Waals surface area (Å²) >= 11 is 3.55. The van der Waals surface area contributed by atoms with Crippen LogP contribution >= 0.6 is 15.9 Å². The predicted molar refractivity (Wildman–Crippen MR) is 65.5 cm³/mol. The second-order valence-corrected chi connectivity index (χ2v) is 4.69. The van der Waals surface area contributed by atoms with Gasteiger partial charge in [0.2, 0.25) is 0 Å². The molecule has 1 aromatic heterocycles. The molecule has 0 saturated carbocycles. The first kappa shape index (κ1) is 10.9. The summed E-state index contributed by atoms with van der Waals surface area (Å²) in [5.41, 5.74) is 0. The van der Waals surface area contributed by atoms with E-state index in [0.717, 1.165) is 36.0 Å². The van der Waals surface area contributed by atoms with Crippen LogP contribution in [-0.2, 0) is 0 Å². The molecule has 1 fully saturated rings. The monoisotopic (exact) mass is 269 g/mol. The van der Waals surface area contributed by atoms with E-state index < -0.39 is 0 Å². The number of aromatic nitrogens is 2. The Balaban J connectivity index is 2.01. The van der Waals surface area contributed by atoms with Crippen LogP contribution in [-0.4, -0.2) is 28.4 Å². The fourth-order valence-electron chi connectivity index (χ4n) is 1.94. The van der Waals surface area contributed by atoms with Gasteiger partial charge < -0.3 is 4.90 Å². The molecule has 0 atom stereocenters. The van der Waals surface area contributed by atoms with Gasteiger partial charge in [0.25, 0.3) is 0 Å². The van der Waals surface area contributed by atoms with Crippen molar-refractivity contribution in [3.05, 3.63) is 18.1 Å². The standard InChI is InChI=1S/C11H16BrN3/c1-9-13-5-2-11(14-9)15-6-3-10(8-12)4-7-15/h2,5,10H,3-4,6-8H2,1H3. The number of halogens is 1. The van der Waals surface area contributed by atoms with Gasteiger partial charge in [-0.2, -0.15) is 0 Å². The quantitative estimate of drug-likeness (QED) is 0.773. The van der Waals surface area contributed by atoms with Gasteiger partial charge in [0, 0.05) is 24.6 Å². The fourth-order valence-corrected chi connectivity index (χ4v) is 2.58. The molecule has 3 nitrogen and oxygen atoms in total. The Labute approximate surface area is 99.0 Å². The number of anilines is 1. The summed E-state index contributed by atoms with van der Waals surface area (Å²) in [4.78, 5) is 10.9. The van der Waals surface area contributed by atoms with Gasteiger partial charge in [-0.3, -0.25) is 0 Å². The Hall–Kier alpha value is -0.640. The van der Waals surface area contributed by atoms with Gasteiger partial charge in [0.05, 0.1) is 0 Å². The Kier molecular flexibility index (Phi) is 3.57. The van der Waals surface area contributed by atoms with Crippen molar-refractivity contribution in [2.45, 2.75) is 19.8 Å². The van der Waals surface area contributed by atoms with Crippen LogP contribution in [0.4, 0.5) is 5.82 Å². The molecule has 15 heavy (non-hydrogen) atoms. The lowest BCUT2D eigenvalue weighted by Gasteiger charge is -2.32. The number of rotatable bonds is 2. The number of aryl methyl sites for hydroxylation is 1. The first-order valence-electron chi connectivity index (χ1n) is 5.40. The van der Waals surface area contributed by atoms with E-state index in [4.69, 9.17) is 0 Å². The van der Waals surface area contributed by atoms with Gasteiger partial charge in [0.15, 0.2) is 0 Å². The molecule has 1 aromatic rings. The van der Waals surface area contributed by atoms with Crippen LogP contribution in [0.15, 0.2) is 12.3 Å². The summed E-state index contributed by atoms with van der Waals surface area (Å²) in [5, 5.41) is 1.13. The molecule has 4 heteroatoms. The van der Waals surface area contributed by atoms with Crippen LogP contribution in [0.3, 0.4) is 0 Å². The number of hydrogen-bond acceptors (Lipinski definition) is 3. The highest BCUT2D eigenvalue weighted by molar-refractivity contribution is 9.09. The van der Waals surface area contributed by atoms with Gasteiger partial charge in [-0.1, -0.05) is 15.9 Å². The lowest BCUT2D eigenvalue weighted by Crippen LogP contribution is -2.34. The highest BCUT2D eigenvalue weighted by atomic mass is 79.9. The van der Waals surface area contributed by atoms with Crippen LogP contribution in [0.5, 0.6) is 0 Å². The highest BCUT2D eigenvalue weighted by Crippen LogP contribution is 2.22. The molecule has 0 amide bonds. The van der Waals surface area contributed by atoms with Crippen molar-refractivity contribution in [2.75, 3.05) is 23.3 Å². The third kappa shape index (κ3) is 2.68. The third-order valence-electron chi connectivity index (χ3n) is 2.92. The van der Waals surface area contributed by atoms with Gasteiger partial charge in [-0.25, -0.2) is 9.97 Å². The number of alkyl halides is 1. The molecule has 0 aliphatic carbocycles. The maximum atomic E-state index is 4.45. The van der Waals surface area contributed by atoms with Crippen molar-refractivity contribution >= 4 is 21.7 Å². The average Bonchev–Trinajstić information content (AvgIpc) is 2.29. The normalized spacial score (nSPS) is 18.1. The van der Waals surface area contributed by atoms with Crippen LogP contribution in [0.25, 0.3) is 0 Å². The summed E-state index contributed by atoms with van der Waals surface area (Å²) in [7, 11) is 0. The Bertz CT molecular complexity index is 321. The zero-order valence-electron chi connectivity index (χ0n) is 8.99. The molecule has 1 aliphatic rings. The molecule has 1 saturated heterocycles. The van der Waals surface area contributed by atoms with Crippen LogP contribution < -0.4 is 4.90 Å². The molecule has 2 heterocycles. The molecular weight excluding hydrogens is 254 g/mol. The maximum Gasteiger partial charge on any atom is 0.132 e. The van der Waals surface area contributed by atoms with Crippen molar-refractivity contribution in [3.63, 3.8) is 0 Å². The van der Waals surface area contributed by atoms with E-state index in [9.17, 15) is 0 Å². The summed E-state index contributed by atoms with van der Waals surface area (Å²) in [6.45, 7) is 4.17. The minimum Gasteiger partial charge on any atom is -0.356 e. The minimum atomic E-state index is 0.837. The lowest BCUT2D eigenvalue weighted by atomic mass is 9.99. The molecule has 0 unspecified atom stereocenters. The van der Waals surface area contributed by atoms with Crippen molar-refractivity contribution < 1.29 is 0 Å². The second kappa shape index (κ2) is 4.92. The van der Waals surface area contributed by atoms with Crippen molar-refractivity contribution in [3.8, 4) is 0 Å². The van der Waals surface area contributed by atoms with Crippen LogP contribution in [0.1, 0.15) is 18.7 Å². The highest BCUT2D eigenvalue weighted by Gasteiger charge is 2.19. The summed E-state index contributed by atoms with van der Waals surface area (Å²) < 4.78 is 0. The van der Waals surface area contributed by atoms with Gasteiger partial charge >= 0.3 is 0 Å².